The Hall–Kier alpha value is -1.88. The van der Waals surface area contributed by atoms with Crippen LogP contribution in [0.2, 0.25) is 0 Å². The molecule has 0 aliphatic carbocycles. The topological polar surface area (TPSA) is 75.6 Å². The normalized spacial score (nSPS) is 12.6. The van der Waals surface area contributed by atoms with Crippen molar-refractivity contribution in [3.8, 4) is 0 Å². The summed E-state index contributed by atoms with van der Waals surface area (Å²) >= 11 is 0. The second-order valence-corrected chi connectivity index (χ2v) is 5.10. The minimum atomic E-state index is -0.917. The molecule has 1 unspecified atom stereocenters. The molecule has 1 atom stereocenters. The Bertz CT molecular complexity index is 437. The number of rotatable bonds is 4. The third kappa shape index (κ3) is 5.09. The fraction of sp³-hybridized carbons (Fsp3) is 0.429. The highest BCUT2D eigenvalue weighted by Crippen LogP contribution is 2.18. The van der Waals surface area contributed by atoms with Crippen LogP contribution in [0, 0.1) is 0 Å². The van der Waals surface area contributed by atoms with Crippen molar-refractivity contribution >= 4 is 11.9 Å². The van der Waals surface area contributed by atoms with Gasteiger partial charge in [-0.1, -0.05) is 30.3 Å². The zero-order valence-corrected chi connectivity index (χ0v) is 11.3. The van der Waals surface area contributed by atoms with Gasteiger partial charge in [-0.15, -0.1) is 0 Å². The van der Waals surface area contributed by atoms with Crippen molar-refractivity contribution in [3.63, 3.8) is 0 Å². The van der Waals surface area contributed by atoms with Crippen molar-refractivity contribution in [1.82, 2.24) is 5.32 Å². The van der Waals surface area contributed by atoms with Gasteiger partial charge in [0.2, 0.25) is 5.91 Å². The monoisotopic (exact) mass is 265 g/mol. The summed E-state index contributed by atoms with van der Waals surface area (Å²) in [6, 6.07) is 7.84. The van der Waals surface area contributed by atoms with Crippen molar-refractivity contribution in [2.24, 2.45) is 0 Å². The maximum Gasteiger partial charge on any atom is 0.333 e. The highest BCUT2D eigenvalue weighted by atomic mass is 16.6. The summed E-state index contributed by atoms with van der Waals surface area (Å²) in [6.07, 6.45) is 0. The molecule has 19 heavy (non-hydrogen) atoms. The molecule has 0 aromatic heterocycles. The molecule has 1 aromatic rings. The van der Waals surface area contributed by atoms with Crippen molar-refractivity contribution in [2.75, 3.05) is 6.61 Å². The average molecular weight is 265 g/mol. The molecule has 0 saturated heterocycles. The summed E-state index contributed by atoms with van der Waals surface area (Å²) in [5.41, 5.74) is -0.0350. The Morgan fingerprint density at radius 2 is 1.84 bits per heavy atom. The Morgan fingerprint density at radius 1 is 1.26 bits per heavy atom. The van der Waals surface area contributed by atoms with Crippen LogP contribution in [-0.2, 0) is 14.3 Å². The van der Waals surface area contributed by atoms with Gasteiger partial charge in [-0.05, 0) is 26.3 Å². The smallest absolute Gasteiger partial charge is 0.333 e. The lowest BCUT2D eigenvalue weighted by molar-refractivity contribution is -0.159. The van der Waals surface area contributed by atoms with Crippen LogP contribution in [-0.4, -0.2) is 29.2 Å². The fourth-order valence-corrected chi connectivity index (χ4v) is 1.49. The van der Waals surface area contributed by atoms with Crippen LogP contribution in [0.3, 0.4) is 0 Å². The molecule has 0 aliphatic heterocycles. The number of hydrogen-bond donors (Lipinski definition) is 2. The molecule has 1 amide bonds. The standard InChI is InChI=1S/C14H19NO4/c1-14(2,3)19-13(18)12(15-11(17)9-16)10-7-5-4-6-8-10/h4-8,12,16H,9H2,1-3H3,(H,15,17). The van der Waals surface area contributed by atoms with E-state index in [1.165, 1.54) is 0 Å². The van der Waals surface area contributed by atoms with Crippen molar-refractivity contribution in [1.29, 1.82) is 0 Å². The quantitative estimate of drug-likeness (QED) is 0.801. The first-order valence-corrected chi connectivity index (χ1v) is 6.01. The van der Waals surface area contributed by atoms with E-state index in [9.17, 15) is 9.59 Å². The zero-order chi connectivity index (χ0) is 14.5. The number of esters is 1. The second-order valence-electron chi connectivity index (χ2n) is 5.10. The number of amides is 1. The summed E-state index contributed by atoms with van der Waals surface area (Å²) in [6.45, 7) is 4.58. The predicted molar refractivity (Wildman–Crippen MR) is 70.3 cm³/mol. The van der Waals surface area contributed by atoms with E-state index >= 15 is 0 Å². The summed E-state index contributed by atoms with van der Waals surface area (Å²) < 4.78 is 5.26. The van der Waals surface area contributed by atoms with Crippen LogP contribution < -0.4 is 5.32 Å². The molecule has 2 N–H and O–H groups in total. The predicted octanol–water partition coefficient (Wildman–Crippen LogP) is 1.18. The highest BCUT2D eigenvalue weighted by Gasteiger charge is 2.27. The van der Waals surface area contributed by atoms with Crippen LogP contribution >= 0.6 is 0 Å². The van der Waals surface area contributed by atoms with E-state index in [0.29, 0.717) is 5.56 Å². The van der Waals surface area contributed by atoms with Gasteiger partial charge in [0, 0.05) is 0 Å². The molecule has 5 heteroatoms. The SMILES string of the molecule is CC(C)(C)OC(=O)C(NC(=O)CO)c1ccccc1. The van der Waals surface area contributed by atoms with E-state index in [0.717, 1.165) is 0 Å². The van der Waals surface area contributed by atoms with E-state index in [2.05, 4.69) is 5.32 Å². The van der Waals surface area contributed by atoms with Gasteiger partial charge in [0.25, 0.3) is 0 Å². The summed E-state index contributed by atoms with van der Waals surface area (Å²) in [5, 5.41) is 11.2. The molecule has 1 aromatic carbocycles. The zero-order valence-electron chi connectivity index (χ0n) is 11.3. The lowest BCUT2D eigenvalue weighted by Gasteiger charge is -2.24. The number of aliphatic hydroxyl groups excluding tert-OH is 1. The van der Waals surface area contributed by atoms with Crippen LogP contribution in [0.5, 0.6) is 0 Å². The molecule has 0 bridgehead atoms. The molecule has 0 aliphatic rings. The van der Waals surface area contributed by atoms with Crippen LogP contribution in [0.1, 0.15) is 32.4 Å². The number of nitrogens with one attached hydrogen (secondary N) is 1. The lowest BCUT2D eigenvalue weighted by atomic mass is 10.1. The van der Waals surface area contributed by atoms with E-state index in [1.807, 2.05) is 6.07 Å². The fourth-order valence-electron chi connectivity index (χ4n) is 1.49. The summed E-state index contributed by atoms with van der Waals surface area (Å²) in [7, 11) is 0. The first-order chi connectivity index (χ1) is 8.83. The Labute approximate surface area is 112 Å². The van der Waals surface area contributed by atoms with Crippen molar-refractivity contribution in [3.05, 3.63) is 35.9 Å². The van der Waals surface area contributed by atoms with Gasteiger partial charge < -0.3 is 15.2 Å². The minimum Gasteiger partial charge on any atom is -0.458 e. The number of aliphatic hydroxyl groups is 1. The minimum absolute atomic E-state index is 0.555. The summed E-state index contributed by atoms with van der Waals surface area (Å²) in [5.74, 6) is -1.18. The molecular formula is C14H19NO4. The maximum atomic E-state index is 12.1. The number of ether oxygens (including phenoxy) is 1. The molecule has 0 radical (unpaired) electrons. The van der Waals surface area contributed by atoms with Crippen LogP contribution in [0.15, 0.2) is 30.3 Å². The van der Waals surface area contributed by atoms with Crippen molar-refractivity contribution < 1.29 is 19.4 Å². The van der Waals surface area contributed by atoms with Crippen LogP contribution in [0.25, 0.3) is 0 Å². The number of carbonyl (C=O) groups excluding carboxylic acids is 2. The Morgan fingerprint density at radius 3 is 2.32 bits per heavy atom. The molecular weight excluding hydrogens is 246 g/mol. The maximum absolute atomic E-state index is 12.1. The van der Waals surface area contributed by atoms with E-state index < -0.39 is 30.1 Å². The van der Waals surface area contributed by atoms with Gasteiger partial charge in [0.15, 0.2) is 6.04 Å². The van der Waals surface area contributed by atoms with Gasteiger partial charge in [0.1, 0.15) is 12.2 Å². The first kappa shape index (κ1) is 15.2. The first-order valence-electron chi connectivity index (χ1n) is 6.01. The van der Waals surface area contributed by atoms with Crippen molar-refractivity contribution in [2.45, 2.75) is 32.4 Å². The number of benzene rings is 1. The number of carbonyl (C=O) groups is 2. The molecule has 5 nitrogen and oxygen atoms in total. The molecule has 0 saturated carbocycles. The molecule has 0 fully saturated rings. The second kappa shape index (κ2) is 6.33. The molecule has 1 rings (SSSR count). The van der Waals surface area contributed by atoms with Crippen LogP contribution in [0.4, 0.5) is 0 Å². The van der Waals surface area contributed by atoms with Gasteiger partial charge >= 0.3 is 5.97 Å². The van der Waals surface area contributed by atoms with E-state index in [1.54, 1.807) is 45.0 Å². The third-order valence-electron chi connectivity index (χ3n) is 2.22. The van der Waals surface area contributed by atoms with Gasteiger partial charge in [-0.25, -0.2) is 4.79 Å². The molecule has 0 heterocycles. The van der Waals surface area contributed by atoms with Gasteiger partial charge in [-0.3, -0.25) is 4.79 Å². The van der Waals surface area contributed by atoms with Gasteiger partial charge in [0.05, 0.1) is 0 Å². The van der Waals surface area contributed by atoms with Gasteiger partial charge in [-0.2, -0.15) is 0 Å². The van der Waals surface area contributed by atoms with E-state index in [4.69, 9.17) is 9.84 Å². The largest absolute Gasteiger partial charge is 0.458 e. The molecule has 0 spiro atoms. The Balaban J connectivity index is 2.93. The average Bonchev–Trinajstić information content (AvgIpc) is 2.34. The number of hydrogen-bond acceptors (Lipinski definition) is 4. The third-order valence-corrected chi connectivity index (χ3v) is 2.22. The molecule has 104 valence electrons. The highest BCUT2D eigenvalue weighted by molar-refractivity contribution is 5.86. The van der Waals surface area contributed by atoms with E-state index in [-0.39, 0.29) is 0 Å². The Kier molecular flexibility index (Phi) is 5.06. The summed E-state index contributed by atoms with van der Waals surface area (Å²) in [4.78, 5) is 23.4. The lowest BCUT2D eigenvalue weighted by Crippen LogP contribution is -2.39.